The summed E-state index contributed by atoms with van der Waals surface area (Å²) in [6, 6.07) is 5.11. The second-order valence-electron chi connectivity index (χ2n) is 8.84. The van der Waals surface area contributed by atoms with Crippen LogP contribution in [0, 0.1) is 23.2 Å². The van der Waals surface area contributed by atoms with Crippen LogP contribution in [0.25, 0.3) is 0 Å². The molecule has 1 aromatic carbocycles. The first-order valence-corrected chi connectivity index (χ1v) is 12.2. The Bertz CT molecular complexity index is 795. The first-order chi connectivity index (χ1) is 12.2. The Morgan fingerprint density at radius 1 is 1.15 bits per heavy atom. The van der Waals surface area contributed by atoms with E-state index in [4.69, 9.17) is 4.74 Å². The zero-order valence-corrected chi connectivity index (χ0v) is 17.4. The van der Waals surface area contributed by atoms with Crippen molar-refractivity contribution >= 4 is 31.6 Å². The number of benzene rings is 1. The zero-order chi connectivity index (χ0) is 18.5. The minimum absolute atomic E-state index is 0.332. The fourth-order valence-electron chi connectivity index (χ4n) is 5.81. The quantitative estimate of drug-likeness (QED) is 0.619. The average molecular weight is 441 g/mol. The highest BCUT2D eigenvalue weighted by Crippen LogP contribution is 2.60. The number of carbonyl (C=O) groups excluding carboxylic acids is 1. The molecule has 0 unspecified atom stereocenters. The van der Waals surface area contributed by atoms with Crippen LogP contribution in [-0.4, -0.2) is 32.8 Å². The monoisotopic (exact) mass is 440 g/mol. The van der Waals surface area contributed by atoms with Gasteiger partial charge in [0.25, 0.3) is 0 Å². The van der Waals surface area contributed by atoms with Gasteiger partial charge in [0.2, 0.25) is 0 Å². The topological polar surface area (TPSA) is 60.4 Å². The Hall–Kier alpha value is -0.880. The molecule has 0 aromatic heterocycles. The summed E-state index contributed by atoms with van der Waals surface area (Å²) in [5, 5.41) is 0. The highest BCUT2D eigenvalue weighted by atomic mass is 79.9. The van der Waals surface area contributed by atoms with E-state index in [0.29, 0.717) is 15.5 Å². The van der Waals surface area contributed by atoms with Crippen molar-refractivity contribution in [1.82, 2.24) is 0 Å². The molecule has 26 heavy (non-hydrogen) atoms. The van der Waals surface area contributed by atoms with Gasteiger partial charge in [-0.25, -0.2) is 8.42 Å². The van der Waals surface area contributed by atoms with E-state index in [1.54, 1.807) is 18.2 Å². The van der Waals surface area contributed by atoms with Gasteiger partial charge < -0.3 is 4.74 Å². The lowest BCUT2D eigenvalue weighted by Gasteiger charge is -2.56. The number of ether oxygens (including phenoxy) is 1. The lowest BCUT2D eigenvalue weighted by Crippen LogP contribution is -2.48. The molecule has 0 amide bonds. The number of ketones is 1. The Labute approximate surface area is 163 Å². The van der Waals surface area contributed by atoms with Gasteiger partial charge in [-0.3, -0.25) is 4.79 Å². The molecule has 0 N–H and O–H groups in total. The fraction of sp³-hybridized carbons (Fsp3) is 0.650. The van der Waals surface area contributed by atoms with Crippen LogP contribution in [0.5, 0.6) is 5.75 Å². The first kappa shape index (κ1) is 18.5. The van der Waals surface area contributed by atoms with Crippen molar-refractivity contribution in [2.24, 2.45) is 23.2 Å². The summed E-state index contributed by atoms with van der Waals surface area (Å²) >= 11 is 3.48. The fourth-order valence-corrected chi connectivity index (χ4v) is 6.95. The first-order valence-electron chi connectivity index (χ1n) is 9.35. The van der Waals surface area contributed by atoms with Gasteiger partial charge in [-0.05, 0) is 90.4 Å². The number of Topliss-reactive ketones (excluding diaryl/α,β-unsaturated/α-hetero) is 1. The maximum absolute atomic E-state index is 12.1. The Morgan fingerprint density at radius 2 is 1.73 bits per heavy atom. The van der Waals surface area contributed by atoms with Gasteiger partial charge in [-0.15, -0.1) is 0 Å². The van der Waals surface area contributed by atoms with Gasteiger partial charge in [0.05, 0.1) is 11.1 Å². The molecule has 0 spiro atoms. The molecule has 4 bridgehead atoms. The van der Waals surface area contributed by atoms with Gasteiger partial charge in [-0.2, -0.15) is 0 Å². The third kappa shape index (κ3) is 3.86. The van der Waals surface area contributed by atoms with Crippen LogP contribution >= 0.6 is 15.9 Å². The van der Waals surface area contributed by atoms with Crippen LogP contribution in [0.3, 0.4) is 0 Å². The molecule has 142 valence electrons. The molecule has 1 aromatic rings. The van der Waals surface area contributed by atoms with Gasteiger partial charge in [0, 0.05) is 17.2 Å². The molecule has 0 atom stereocenters. The van der Waals surface area contributed by atoms with Crippen molar-refractivity contribution in [3.63, 3.8) is 0 Å². The summed E-state index contributed by atoms with van der Waals surface area (Å²) in [5.74, 6) is 2.56. The molecule has 4 aliphatic carbocycles. The van der Waals surface area contributed by atoms with Crippen LogP contribution in [0.4, 0.5) is 0 Å². The van der Waals surface area contributed by atoms with Crippen LogP contribution in [-0.2, 0) is 9.84 Å². The molecule has 0 radical (unpaired) electrons. The highest BCUT2D eigenvalue weighted by molar-refractivity contribution is 9.10. The third-order valence-electron chi connectivity index (χ3n) is 6.35. The summed E-state index contributed by atoms with van der Waals surface area (Å²) in [5.41, 5.74) is 0.725. The average Bonchev–Trinajstić information content (AvgIpc) is 2.50. The standard InChI is InChI=1S/C20H25BrO4S/c1-26(23,24)11-18(22)16-2-3-19(17(21)7-16)25-12-20-8-13-4-14(9-20)6-15(5-13)10-20/h2-3,7,13-15H,4-6,8-12H2,1H3. The van der Waals surface area contributed by atoms with Crippen LogP contribution < -0.4 is 4.74 Å². The minimum Gasteiger partial charge on any atom is -0.492 e. The second-order valence-corrected chi connectivity index (χ2v) is 11.8. The summed E-state index contributed by atoms with van der Waals surface area (Å²) in [4.78, 5) is 12.1. The number of hydrogen-bond donors (Lipinski definition) is 0. The summed E-state index contributed by atoms with van der Waals surface area (Å²) in [7, 11) is -3.33. The molecule has 4 fully saturated rings. The lowest BCUT2D eigenvalue weighted by molar-refractivity contribution is -0.0746. The normalized spacial score (nSPS) is 32.6. The molecule has 6 heteroatoms. The Kier molecular flexibility index (Phi) is 4.71. The molecule has 0 heterocycles. The Morgan fingerprint density at radius 3 is 2.23 bits per heavy atom. The van der Waals surface area contributed by atoms with Crippen molar-refractivity contribution in [2.75, 3.05) is 18.6 Å². The van der Waals surface area contributed by atoms with Crippen molar-refractivity contribution in [3.8, 4) is 5.75 Å². The minimum atomic E-state index is -3.33. The Balaban J connectivity index is 1.44. The van der Waals surface area contributed by atoms with E-state index in [2.05, 4.69) is 15.9 Å². The van der Waals surface area contributed by atoms with Gasteiger partial charge >= 0.3 is 0 Å². The smallest absolute Gasteiger partial charge is 0.177 e. The number of sulfone groups is 1. The van der Waals surface area contributed by atoms with E-state index in [0.717, 1.165) is 36.4 Å². The highest BCUT2D eigenvalue weighted by Gasteiger charge is 2.51. The van der Waals surface area contributed by atoms with E-state index in [1.807, 2.05) is 0 Å². The van der Waals surface area contributed by atoms with Crippen molar-refractivity contribution in [2.45, 2.75) is 38.5 Å². The number of halogens is 1. The van der Waals surface area contributed by atoms with Crippen LogP contribution in [0.2, 0.25) is 0 Å². The summed E-state index contributed by atoms with van der Waals surface area (Å²) in [6.07, 6.45) is 9.20. The van der Waals surface area contributed by atoms with E-state index in [9.17, 15) is 13.2 Å². The van der Waals surface area contributed by atoms with Gasteiger partial charge in [0.15, 0.2) is 15.6 Å². The van der Waals surface area contributed by atoms with Crippen LogP contribution in [0.15, 0.2) is 22.7 Å². The SMILES string of the molecule is CS(=O)(=O)CC(=O)c1ccc(OCC23CC4CC(CC(C4)C2)C3)c(Br)c1. The summed E-state index contributed by atoms with van der Waals surface area (Å²) < 4.78 is 29.5. The molecule has 4 saturated carbocycles. The van der Waals surface area contributed by atoms with Gasteiger partial charge in [-0.1, -0.05) is 0 Å². The predicted molar refractivity (Wildman–Crippen MR) is 104 cm³/mol. The summed E-state index contributed by atoms with van der Waals surface area (Å²) in [6.45, 7) is 0.742. The zero-order valence-electron chi connectivity index (χ0n) is 15.0. The van der Waals surface area contributed by atoms with Gasteiger partial charge in [0.1, 0.15) is 11.5 Å². The lowest BCUT2D eigenvalue weighted by atomic mass is 9.50. The number of hydrogen-bond acceptors (Lipinski definition) is 4. The van der Waals surface area contributed by atoms with E-state index < -0.39 is 15.6 Å². The van der Waals surface area contributed by atoms with Crippen molar-refractivity contribution < 1.29 is 17.9 Å². The molecule has 0 saturated heterocycles. The number of rotatable bonds is 6. The maximum atomic E-state index is 12.1. The third-order valence-corrected chi connectivity index (χ3v) is 7.75. The molecule has 4 nitrogen and oxygen atoms in total. The number of carbonyl (C=O) groups is 1. The maximum Gasteiger partial charge on any atom is 0.177 e. The van der Waals surface area contributed by atoms with E-state index in [-0.39, 0.29) is 5.78 Å². The van der Waals surface area contributed by atoms with E-state index >= 15 is 0 Å². The second kappa shape index (κ2) is 6.62. The van der Waals surface area contributed by atoms with E-state index in [1.165, 1.54) is 38.5 Å². The van der Waals surface area contributed by atoms with Crippen LogP contribution in [0.1, 0.15) is 48.9 Å². The molecular formula is C20H25BrO4S. The predicted octanol–water partition coefficient (Wildman–Crippen LogP) is 4.27. The molecule has 4 aliphatic rings. The molecule has 5 rings (SSSR count). The van der Waals surface area contributed by atoms with Crippen molar-refractivity contribution in [1.29, 1.82) is 0 Å². The van der Waals surface area contributed by atoms with Crippen molar-refractivity contribution in [3.05, 3.63) is 28.2 Å². The largest absolute Gasteiger partial charge is 0.492 e. The molecule has 0 aliphatic heterocycles. The molecular weight excluding hydrogens is 416 g/mol.